The number of aromatic nitrogens is 2. The van der Waals surface area contributed by atoms with Crippen molar-refractivity contribution in [3.8, 4) is 0 Å². The Balaban J connectivity index is 2.31. The van der Waals surface area contributed by atoms with Crippen LogP contribution in [0.2, 0.25) is 5.02 Å². The van der Waals surface area contributed by atoms with E-state index < -0.39 is 0 Å². The van der Waals surface area contributed by atoms with Gasteiger partial charge in [0.1, 0.15) is 0 Å². The molecular weight excluding hydrogens is 358 g/mol. The van der Waals surface area contributed by atoms with Crippen LogP contribution in [0, 0.1) is 0 Å². The molecule has 1 heterocycles. The second-order valence-corrected chi connectivity index (χ2v) is 7.24. The standard InChI is InChI=1S/C18H24ClN3O2S/c1-3-5-6-10-22-17(24)14-8-7-13(19)11-15(14)21-18(22)25-12-16(23)20-9-4-2/h7-8,11H,3-6,9-10,12H2,1-2H3,(H,20,23). The van der Waals surface area contributed by atoms with Crippen LogP contribution in [-0.2, 0) is 11.3 Å². The first-order valence-corrected chi connectivity index (χ1v) is 10.0. The highest BCUT2D eigenvalue weighted by Crippen LogP contribution is 2.21. The molecule has 0 spiro atoms. The van der Waals surface area contributed by atoms with Crippen LogP contribution in [0.3, 0.4) is 0 Å². The molecule has 1 aromatic carbocycles. The molecule has 136 valence electrons. The van der Waals surface area contributed by atoms with Crippen molar-refractivity contribution in [2.75, 3.05) is 12.3 Å². The smallest absolute Gasteiger partial charge is 0.262 e. The Labute approximate surface area is 157 Å². The Kier molecular flexibility index (Phi) is 7.78. The molecule has 5 nitrogen and oxygen atoms in total. The van der Waals surface area contributed by atoms with E-state index in [-0.39, 0.29) is 17.2 Å². The number of carbonyl (C=O) groups excluding carboxylic acids is 1. The summed E-state index contributed by atoms with van der Waals surface area (Å²) in [7, 11) is 0. The Morgan fingerprint density at radius 1 is 1.28 bits per heavy atom. The van der Waals surface area contributed by atoms with E-state index >= 15 is 0 Å². The van der Waals surface area contributed by atoms with Crippen molar-refractivity contribution in [2.45, 2.75) is 51.2 Å². The fraction of sp³-hybridized carbons (Fsp3) is 0.500. The second kappa shape index (κ2) is 9.82. The quantitative estimate of drug-likeness (QED) is 0.407. The summed E-state index contributed by atoms with van der Waals surface area (Å²) in [5, 5.41) is 4.51. The van der Waals surface area contributed by atoms with Crippen molar-refractivity contribution in [2.24, 2.45) is 0 Å². The van der Waals surface area contributed by atoms with E-state index in [9.17, 15) is 9.59 Å². The van der Waals surface area contributed by atoms with Gasteiger partial charge in [0.2, 0.25) is 5.91 Å². The third-order valence-corrected chi connectivity index (χ3v) is 4.98. The molecule has 0 unspecified atom stereocenters. The van der Waals surface area contributed by atoms with Crippen LogP contribution >= 0.6 is 23.4 Å². The van der Waals surface area contributed by atoms with Gasteiger partial charge in [-0.05, 0) is 31.0 Å². The number of benzene rings is 1. The molecule has 0 aliphatic heterocycles. The largest absolute Gasteiger partial charge is 0.355 e. The van der Waals surface area contributed by atoms with E-state index in [1.807, 2.05) is 6.92 Å². The molecular formula is C18H24ClN3O2S. The molecule has 0 bridgehead atoms. The highest BCUT2D eigenvalue weighted by molar-refractivity contribution is 7.99. The van der Waals surface area contributed by atoms with Gasteiger partial charge in [0.15, 0.2) is 5.16 Å². The van der Waals surface area contributed by atoms with Gasteiger partial charge in [-0.1, -0.05) is 50.1 Å². The summed E-state index contributed by atoms with van der Waals surface area (Å²) in [5.74, 6) is 0.194. The molecule has 2 rings (SSSR count). The van der Waals surface area contributed by atoms with E-state index in [1.54, 1.807) is 22.8 Å². The van der Waals surface area contributed by atoms with Gasteiger partial charge in [-0.25, -0.2) is 4.98 Å². The van der Waals surface area contributed by atoms with E-state index in [0.29, 0.717) is 34.2 Å². The van der Waals surface area contributed by atoms with Crippen LogP contribution in [0.15, 0.2) is 28.2 Å². The Bertz CT molecular complexity index is 792. The molecule has 25 heavy (non-hydrogen) atoms. The lowest BCUT2D eigenvalue weighted by molar-refractivity contribution is -0.118. The summed E-state index contributed by atoms with van der Waals surface area (Å²) in [6.45, 7) is 5.39. The number of fused-ring (bicyclic) bond motifs is 1. The number of amides is 1. The van der Waals surface area contributed by atoms with E-state index in [0.717, 1.165) is 25.7 Å². The number of halogens is 1. The minimum atomic E-state index is -0.0748. The summed E-state index contributed by atoms with van der Waals surface area (Å²) in [5.41, 5.74) is 0.495. The lowest BCUT2D eigenvalue weighted by atomic mass is 10.2. The first-order valence-electron chi connectivity index (χ1n) is 8.66. The first kappa shape index (κ1) is 19.8. The van der Waals surface area contributed by atoms with Crippen molar-refractivity contribution in [1.29, 1.82) is 0 Å². The molecule has 0 fully saturated rings. The highest BCUT2D eigenvalue weighted by Gasteiger charge is 2.13. The fourth-order valence-corrected chi connectivity index (χ4v) is 3.47. The number of thioether (sulfide) groups is 1. The van der Waals surface area contributed by atoms with Crippen LogP contribution in [0.4, 0.5) is 0 Å². The number of hydrogen-bond donors (Lipinski definition) is 1. The van der Waals surface area contributed by atoms with Crippen LogP contribution in [0.1, 0.15) is 39.5 Å². The average Bonchev–Trinajstić information content (AvgIpc) is 2.60. The number of rotatable bonds is 9. The number of hydrogen-bond acceptors (Lipinski definition) is 4. The van der Waals surface area contributed by atoms with Crippen LogP contribution in [0.25, 0.3) is 10.9 Å². The summed E-state index contributed by atoms with van der Waals surface area (Å²) in [6.07, 6.45) is 3.93. The molecule has 0 saturated carbocycles. The molecule has 0 aliphatic rings. The molecule has 1 amide bonds. The van der Waals surface area contributed by atoms with E-state index in [2.05, 4.69) is 17.2 Å². The topological polar surface area (TPSA) is 64.0 Å². The van der Waals surface area contributed by atoms with Gasteiger partial charge in [0.05, 0.1) is 16.7 Å². The summed E-state index contributed by atoms with van der Waals surface area (Å²) < 4.78 is 1.68. The normalized spacial score (nSPS) is 11.0. The Morgan fingerprint density at radius 3 is 2.80 bits per heavy atom. The third kappa shape index (κ3) is 5.47. The second-order valence-electron chi connectivity index (χ2n) is 5.86. The van der Waals surface area contributed by atoms with Crippen molar-refractivity contribution in [3.63, 3.8) is 0 Å². The molecule has 7 heteroatoms. The van der Waals surface area contributed by atoms with Crippen molar-refractivity contribution in [3.05, 3.63) is 33.6 Å². The van der Waals surface area contributed by atoms with Gasteiger partial charge in [0.25, 0.3) is 5.56 Å². The monoisotopic (exact) mass is 381 g/mol. The summed E-state index contributed by atoms with van der Waals surface area (Å²) in [4.78, 5) is 29.3. The van der Waals surface area contributed by atoms with Gasteiger partial charge in [-0.3, -0.25) is 14.2 Å². The Morgan fingerprint density at radius 2 is 2.08 bits per heavy atom. The van der Waals surface area contributed by atoms with Gasteiger partial charge < -0.3 is 5.32 Å². The first-order chi connectivity index (χ1) is 12.1. The maximum Gasteiger partial charge on any atom is 0.262 e. The lowest BCUT2D eigenvalue weighted by Gasteiger charge is -2.13. The molecule has 1 N–H and O–H groups in total. The predicted molar refractivity (Wildman–Crippen MR) is 105 cm³/mol. The summed E-state index contributed by atoms with van der Waals surface area (Å²) in [6, 6.07) is 5.11. The van der Waals surface area contributed by atoms with Gasteiger partial charge in [0, 0.05) is 18.1 Å². The van der Waals surface area contributed by atoms with Gasteiger partial charge >= 0.3 is 0 Å². The van der Waals surface area contributed by atoms with Crippen LogP contribution in [-0.4, -0.2) is 27.8 Å². The molecule has 1 aromatic heterocycles. The minimum absolute atomic E-state index is 0.0487. The van der Waals surface area contributed by atoms with E-state index in [1.165, 1.54) is 11.8 Å². The summed E-state index contributed by atoms with van der Waals surface area (Å²) >= 11 is 7.33. The highest BCUT2D eigenvalue weighted by atomic mass is 35.5. The van der Waals surface area contributed by atoms with Crippen molar-refractivity contribution >= 4 is 40.2 Å². The fourth-order valence-electron chi connectivity index (χ4n) is 2.45. The lowest BCUT2D eigenvalue weighted by Crippen LogP contribution is -2.27. The average molecular weight is 382 g/mol. The number of carbonyl (C=O) groups is 1. The SMILES string of the molecule is CCCCCn1c(SCC(=O)NCCC)nc2cc(Cl)ccc2c1=O. The third-order valence-electron chi connectivity index (χ3n) is 3.77. The number of nitrogens with one attached hydrogen (secondary N) is 1. The molecule has 2 aromatic rings. The van der Waals surface area contributed by atoms with Crippen LogP contribution < -0.4 is 10.9 Å². The maximum absolute atomic E-state index is 12.8. The molecule has 0 radical (unpaired) electrons. The minimum Gasteiger partial charge on any atom is -0.355 e. The molecule has 0 aliphatic carbocycles. The van der Waals surface area contributed by atoms with Gasteiger partial charge in [-0.15, -0.1) is 0 Å². The maximum atomic E-state index is 12.8. The van der Waals surface area contributed by atoms with Gasteiger partial charge in [-0.2, -0.15) is 0 Å². The number of nitrogens with zero attached hydrogens (tertiary/aromatic N) is 2. The van der Waals surface area contributed by atoms with Crippen LogP contribution in [0.5, 0.6) is 0 Å². The van der Waals surface area contributed by atoms with Crippen molar-refractivity contribution in [1.82, 2.24) is 14.9 Å². The zero-order valence-electron chi connectivity index (χ0n) is 14.7. The molecule has 0 saturated heterocycles. The number of unbranched alkanes of at least 4 members (excludes halogenated alkanes) is 2. The van der Waals surface area contributed by atoms with E-state index in [4.69, 9.17) is 11.6 Å². The van der Waals surface area contributed by atoms with Crippen molar-refractivity contribution < 1.29 is 4.79 Å². The molecule has 0 atom stereocenters. The zero-order chi connectivity index (χ0) is 18.2. The zero-order valence-corrected chi connectivity index (χ0v) is 16.3. The predicted octanol–water partition coefficient (Wildman–Crippen LogP) is 3.86. The Hall–Kier alpha value is -1.53.